The number of aryl methyl sites for hydroxylation is 3. The number of anilines is 2. The molecule has 0 saturated heterocycles. The first-order valence-electron chi connectivity index (χ1n) is 9.35. The van der Waals surface area contributed by atoms with Crippen molar-refractivity contribution < 1.29 is 4.79 Å². The van der Waals surface area contributed by atoms with Gasteiger partial charge in [0.05, 0.1) is 15.9 Å². The normalized spacial score (nSPS) is 11.1. The van der Waals surface area contributed by atoms with Crippen molar-refractivity contribution in [1.82, 2.24) is 14.8 Å². The molecule has 0 fully saturated rings. The molecular weight excluding hydrogens is 382 g/mol. The van der Waals surface area contributed by atoms with Crippen molar-refractivity contribution in [2.45, 2.75) is 20.8 Å². The number of nitrogens with zero attached hydrogens (tertiary/aromatic N) is 4. The number of nitrogens with one attached hydrogen (secondary N) is 1. The number of thiazole rings is 1. The van der Waals surface area contributed by atoms with Gasteiger partial charge < -0.3 is 10.2 Å². The average molecular weight is 406 g/mol. The van der Waals surface area contributed by atoms with Crippen molar-refractivity contribution in [2.24, 2.45) is 0 Å². The molecule has 4 rings (SSSR count). The summed E-state index contributed by atoms with van der Waals surface area (Å²) >= 11 is 1.57. The second-order valence-corrected chi connectivity index (χ2v) is 8.41. The average Bonchev–Trinajstić information content (AvgIpc) is 3.25. The lowest BCUT2D eigenvalue weighted by Crippen LogP contribution is -2.15. The Kier molecular flexibility index (Phi) is 4.84. The van der Waals surface area contributed by atoms with Gasteiger partial charge in [-0.2, -0.15) is 9.78 Å². The van der Waals surface area contributed by atoms with Crippen molar-refractivity contribution in [1.29, 1.82) is 0 Å². The third kappa shape index (κ3) is 3.73. The number of fused-ring (bicyclic) bond motifs is 1. The number of amides is 1. The molecule has 148 valence electrons. The number of carbonyl (C=O) groups excluding carboxylic acids is 1. The van der Waals surface area contributed by atoms with Crippen LogP contribution in [-0.2, 0) is 0 Å². The molecular formula is C22H23N5OS. The summed E-state index contributed by atoms with van der Waals surface area (Å²) in [7, 11) is 3.94. The topological polar surface area (TPSA) is 63.1 Å². The molecule has 1 N–H and O–H groups in total. The Morgan fingerprint density at radius 3 is 2.48 bits per heavy atom. The maximum absolute atomic E-state index is 12.8. The summed E-state index contributed by atoms with van der Waals surface area (Å²) < 4.78 is 2.82. The van der Waals surface area contributed by atoms with E-state index in [-0.39, 0.29) is 5.91 Å². The molecule has 0 aliphatic heterocycles. The van der Waals surface area contributed by atoms with Crippen molar-refractivity contribution >= 4 is 39.0 Å². The van der Waals surface area contributed by atoms with Crippen LogP contribution in [-0.4, -0.2) is 34.8 Å². The highest BCUT2D eigenvalue weighted by atomic mass is 32.1. The molecule has 0 aliphatic rings. The number of rotatable bonds is 4. The summed E-state index contributed by atoms with van der Waals surface area (Å²) in [6.45, 7) is 6.05. The molecule has 2 aromatic heterocycles. The van der Waals surface area contributed by atoms with E-state index in [1.807, 2.05) is 56.3 Å². The summed E-state index contributed by atoms with van der Waals surface area (Å²) in [5, 5.41) is 8.27. The van der Waals surface area contributed by atoms with Crippen LogP contribution < -0.4 is 10.2 Å². The zero-order valence-electron chi connectivity index (χ0n) is 17.1. The predicted octanol–water partition coefficient (Wildman–Crippen LogP) is 4.73. The standard InChI is InChI=1S/C22H23N5OS/c1-13-10-14(2)20-18(11-13)29-22(24-20)27-19(12-15(3)25-27)23-21(28)16-6-8-17(9-7-16)26(4)5/h6-12H,1-5H3,(H,23,28). The van der Waals surface area contributed by atoms with Crippen molar-refractivity contribution in [3.63, 3.8) is 0 Å². The van der Waals surface area contributed by atoms with Crippen molar-refractivity contribution in [3.05, 3.63) is 64.8 Å². The van der Waals surface area contributed by atoms with E-state index < -0.39 is 0 Å². The molecule has 0 spiro atoms. The summed E-state index contributed by atoms with van der Waals surface area (Å²) in [5.74, 6) is 0.433. The Hall–Kier alpha value is -3.19. The van der Waals surface area contributed by atoms with Gasteiger partial charge in [0.1, 0.15) is 5.82 Å². The van der Waals surface area contributed by atoms with Gasteiger partial charge in [-0.25, -0.2) is 4.98 Å². The van der Waals surface area contributed by atoms with Crippen LogP contribution in [0.4, 0.5) is 11.5 Å². The van der Waals surface area contributed by atoms with Gasteiger partial charge in [-0.1, -0.05) is 17.4 Å². The summed E-state index contributed by atoms with van der Waals surface area (Å²) in [5.41, 5.74) is 5.77. The molecule has 0 saturated carbocycles. The van der Waals surface area contributed by atoms with Gasteiger partial charge in [-0.05, 0) is 62.2 Å². The molecule has 0 bridgehead atoms. The van der Waals surface area contributed by atoms with Crippen LogP contribution in [0.25, 0.3) is 15.3 Å². The second-order valence-electron chi connectivity index (χ2n) is 7.40. The summed E-state index contributed by atoms with van der Waals surface area (Å²) in [6.07, 6.45) is 0. The Balaban J connectivity index is 1.67. The molecule has 0 aliphatic carbocycles. The van der Waals surface area contributed by atoms with Crippen LogP contribution in [0, 0.1) is 20.8 Å². The highest BCUT2D eigenvalue weighted by Gasteiger charge is 2.16. The molecule has 2 aromatic carbocycles. The minimum absolute atomic E-state index is 0.176. The fraction of sp³-hybridized carbons (Fsp3) is 0.227. The van der Waals surface area contributed by atoms with Crippen LogP contribution in [0.5, 0.6) is 0 Å². The third-order valence-electron chi connectivity index (χ3n) is 4.72. The Bertz CT molecular complexity index is 1200. The van der Waals surface area contributed by atoms with Crippen LogP contribution in [0.3, 0.4) is 0 Å². The first-order chi connectivity index (χ1) is 13.8. The first-order valence-corrected chi connectivity index (χ1v) is 10.2. The molecule has 6 nitrogen and oxygen atoms in total. The summed E-state index contributed by atoms with van der Waals surface area (Å²) in [6, 6.07) is 13.6. The third-order valence-corrected chi connectivity index (χ3v) is 5.70. The fourth-order valence-corrected chi connectivity index (χ4v) is 4.39. The highest BCUT2D eigenvalue weighted by Crippen LogP contribution is 2.30. The molecule has 4 aromatic rings. The largest absolute Gasteiger partial charge is 0.378 e. The van der Waals surface area contributed by atoms with Gasteiger partial charge in [0.25, 0.3) is 5.91 Å². The van der Waals surface area contributed by atoms with Crippen molar-refractivity contribution in [3.8, 4) is 5.13 Å². The monoisotopic (exact) mass is 405 g/mol. The van der Waals surface area contributed by atoms with Gasteiger partial charge in [0.2, 0.25) is 5.13 Å². The van der Waals surface area contributed by atoms with E-state index in [9.17, 15) is 4.79 Å². The Morgan fingerprint density at radius 2 is 1.79 bits per heavy atom. The lowest BCUT2D eigenvalue weighted by atomic mass is 10.1. The maximum Gasteiger partial charge on any atom is 0.256 e. The summed E-state index contributed by atoms with van der Waals surface area (Å²) in [4.78, 5) is 19.5. The van der Waals surface area contributed by atoms with Crippen molar-refractivity contribution in [2.75, 3.05) is 24.3 Å². The van der Waals surface area contributed by atoms with E-state index in [4.69, 9.17) is 4.98 Å². The van der Waals surface area contributed by atoms with Crippen LogP contribution in [0.15, 0.2) is 42.5 Å². The SMILES string of the molecule is Cc1cc(C)c2nc(-n3nc(C)cc3NC(=O)c3ccc(N(C)C)cc3)sc2c1. The van der Waals surface area contributed by atoms with Gasteiger partial charge in [0, 0.05) is 31.4 Å². The van der Waals surface area contributed by atoms with E-state index in [2.05, 4.69) is 36.4 Å². The zero-order valence-corrected chi connectivity index (χ0v) is 18.0. The number of benzene rings is 2. The number of aromatic nitrogens is 3. The smallest absolute Gasteiger partial charge is 0.256 e. The fourth-order valence-electron chi connectivity index (χ4n) is 3.28. The first kappa shape index (κ1) is 19.1. The van der Waals surface area contributed by atoms with Crippen LogP contribution in [0.1, 0.15) is 27.2 Å². The minimum Gasteiger partial charge on any atom is -0.378 e. The number of carbonyl (C=O) groups is 1. The van der Waals surface area contributed by atoms with E-state index >= 15 is 0 Å². The Labute approximate surface area is 173 Å². The van der Waals surface area contributed by atoms with E-state index in [1.54, 1.807) is 16.0 Å². The van der Waals surface area contributed by atoms with E-state index in [1.165, 1.54) is 5.56 Å². The second kappa shape index (κ2) is 7.33. The quantitative estimate of drug-likeness (QED) is 0.533. The van der Waals surface area contributed by atoms with Gasteiger partial charge in [-0.15, -0.1) is 0 Å². The Morgan fingerprint density at radius 1 is 1.07 bits per heavy atom. The van der Waals surface area contributed by atoms with Gasteiger partial charge >= 0.3 is 0 Å². The molecule has 29 heavy (non-hydrogen) atoms. The minimum atomic E-state index is -0.176. The van der Waals surface area contributed by atoms with Crippen LogP contribution in [0.2, 0.25) is 0 Å². The highest BCUT2D eigenvalue weighted by molar-refractivity contribution is 7.20. The lowest BCUT2D eigenvalue weighted by molar-refractivity contribution is 0.102. The zero-order chi connectivity index (χ0) is 20.7. The number of hydrogen-bond acceptors (Lipinski definition) is 5. The van der Waals surface area contributed by atoms with Gasteiger partial charge in [0.15, 0.2) is 0 Å². The predicted molar refractivity (Wildman–Crippen MR) is 120 cm³/mol. The maximum atomic E-state index is 12.8. The lowest BCUT2D eigenvalue weighted by Gasteiger charge is -2.12. The van der Waals surface area contributed by atoms with E-state index in [0.717, 1.165) is 32.3 Å². The molecule has 2 heterocycles. The number of hydrogen-bond donors (Lipinski definition) is 1. The molecule has 7 heteroatoms. The van der Waals surface area contributed by atoms with Gasteiger partial charge in [-0.3, -0.25) is 4.79 Å². The molecule has 0 unspecified atom stereocenters. The molecule has 0 radical (unpaired) electrons. The van der Waals surface area contributed by atoms with E-state index in [0.29, 0.717) is 11.4 Å². The molecule has 0 atom stereocenters. The van der Waals surface area contributed by atoms with Crippen LogP contribution >= 0.6 is 11.3 Å². The molecule has 1 amide bonds.